The van der Waals surface area contributed by atoms with Crippen molar-refractivity contribution in [1.29, 1.82) is 0 Å². The molecule has 0 aliphatic rings. The lowest BCUT2D eigenvalue weighted by molar-refractivity contribution is -0.124. The average Bonchev–Trinajstić information content (AvgIpc) is 2.61. The maximum atomic E-state index is 11.0. The van der Waals surface area contributed by atoms with Gasteiger partial charge in [-0.2, -0.15) is 0 Å². The number of rotatable bonds is 7. The fourth-order valence-electron chi connectivity index (χ4n) is 2.42. The molecule has 4 heteroatoms. The Labute approximate surface area is 143 Å². The Balaban J connectivity index is 2.02. The lowest BCUT2D eigenvalue weighted by Gasteiger charge is -2.26. The molecule has 0 saturated heterocycles. The van der Waals surface area contributed by atoms with Crippen LogP contribution in [0.25, 0.3) is 6.08 Å². The second kappa shape index (κ2) is 9.01. The molecule has 2 aromatic rings. The van der Waals surface area contributed by atoms with E-state index in [0.29, 0.717) is 6.04 Å². The summed E-state index contributed by atoms with van der Waals surface area (Å²) in [5.74, 6) is -0.534. The molecule has 0 fully saturated rings. The molecule has 126 valence electrons. The van der Waals surface area contributed by atoms with Gasteiger partial charge in [-0.05, 0) is 36.6 Å². The van der Waals surface area contributed by atoms with Crippen molar-refractivity contribution in [2.45, 2.75) is 33.0 Å². The fourth-order valence-corrected chi connectivity index (χ4v) is 2.42. The summed E-state index contributed by atoms with van der Waals surface area (Å²) in [6.45, 7) is 6.19. The molecule has 0 bridgehead atoms. The summed E-state index contributed by atoms with van der Waals surface area (Å²) < 4.78 is 0. The molecule has 2 aromatic carbocycles. The standard InChI is InChI=1S/C20H24N2O2/c1-16(2)22(14-18-6-4-3-5-7-18)15-19-10-8-17(9-11-19)12-13-20(23)21-24/h3-13,16,24H,14-15H2,1-2H3,(H,21,23)/b13-12+. The molecule has 0 spiro atoms. The molecule has 4 nitrogen and oxygen atoms in total. The maximum absolute atomic E-state index is 11.0. The van der Waals surface area contributed by atoms with Crippen LogP contribution in [0.15, 0.2) is 60.7 Å². The van der Waals surface area contributed by atoms with Crippen molar-refractivity contribution in [3.8, 4) is 0 Å². The summed E-state index contributed by atoms with van der Waals surface area (Å²) in [5, 5.41) is 8.47. The highest BCUT2D eigenvalue weighted by Gasteiger charge is 2.10. The van der Waals surface area contributed by atoms with E-state index in [1.807, 2.05) is 18.2 Å². The number of amides is 1. The van der Waals surface area contributed by atoms with Crippen molar-refractivity contribution in [3.63, 3.8) is 0 Å². The lowest BCUT2D eigenvalue weighted by atomic mass is 10.1. The van der Waals surface area contributed by atoms with Crippen LogP contribution in [0.4, 0.5) is 0 Å². The summed E-state index contributed by atoms with van der Waals surface area (Å²) in [4.78, 5) is 13.4. The zero-order valence-electron chi connectivity index (χ0n) is 14.1. The summed E-state index contributed by atoms with van der Waals surface area (Å²) in [5.41, 5.74) is 5.03. The molecular weight excluding hydrogens is 300 g/mol. The van der Waals surface area contributed by atoms with Gasteiger partial charge < -0.3 is 0 Å². The zero-order valence-corrected chi connectivity index (χ0v) is 14.1. The van der Waals surface area contributed by atoms with Crippen molar-refractivity contribution in [1.82, 2.24) is 10.4 Å². The van der Waals surface area contributed by atoms with Gasteiger partial charge in [-0.1, -0.05) is 54.6 Å². The second-order valence-corrected chi connectivity index (χ2v) is 6.04. The van der Waals surface area contributed by atoms with Gasteiger partial charge >= 0.3 is 0 Å². The second-order valence-electron chi connectivity index (χ2n) is 6.04. The third-order valence-corrected chi connectivity index (χ3v) is 3.86. The van der Waals surface area contributed by atoms with Crippen molar-refractivity contribution in [2.75, 3.05) is 0 Å². The molecule has 0 atom stereocenters. The van der Waals surface area contributed by atoms with E-state index >= 15 is 0 Å². The molecule has 0 radical (unpaired) electrons. The Bertz CT molecular complexity index is 664. The van der Waals surface area contributed by atoms with Crippen LogP contribution in [0, 0.1) is 0 Å². The highest BCUT2D eigenvalue weighted by atomic mass is 16.5. The van der Waals surface area contributed by atoms with Crippen molar-refractivity contribution >= 4 is 12.0 Å². The molecule has 0 saturated carbocycles. The molecule has 24 heavy (non-hydrogen) atoms. The molecule has 0 aliphatic carbocycles. The first kappa shape index (κ1) is 17.9. The van der Waals surface area contributed by atoms with Crippen LogP contribution in [0.1, 0.15) is 30.5 Å². The van der Waals surface area contributed by atoms with E-state index < -0.39 is 5.91 Å². The zero-order chi connectivity index (χ0) is 17.4. The summed E-state index contributed by atoms with van der Waals surface area (Å²) in [7, 11) is 0. The van der Waals surface area contributed by atoms with E-state index in [0.717, 1.165) is 18.7 Å². The Morgan fingerprint density at radius 2 is 1.62 bits per heavy atom. The Hall–Kier alpha value is -2.43. The first-order valence-electron chi connectivity index (χ1n) is 8.07. The van der Waals surface area contributed by atoms with E-state index in [4.69, 9.17) is 5.21 Å². The van der Waals surface area contributed by atoms with Gasteiger partial charge in [0.15, 0.2) is 0 Å². The molecule has 2 N–H and O–H groups in total. The van der Waals surface area contributed by atoms with Crippen LogP contribution >= 0.6 is 0 Å². The van der Waals surface area contributed by atoms with Gasteiger partial charge in [-0.15, -0.1) is 0 Å². The van der Waals surface area contributed by atoms with Gasteiger partial charge in [-0.25, -0.2) is 5.48 Å². The number of hydroxylamine groups is 1. The fraction of sp³-hybridized carbons (Fsp3) is 0.250. The molecule has 0 heterocycles. The van der Waals surface area contributed by atoms with E-state index in [1.165, 1.54) is 17.2 Å². The van der Waals surface area contributed by atoms with Crippen LogP contribution in [-0.2, 0) is 17.9 Å². The first-order valence-corrected chi connectivity index (χ1v) is 8.07. The van der Waals surface area contributed by atoms with Gasteiger partial charge in [0.2, 0.25) is 0 Å². The topological polar surface area (TPSA) is 52.6 Å². The number of hydrogen-bond acceptors (Lipinski definition) is 3. The predicted octanol–water partition coefficient (Wildman–Crippen LogP) is 3.62. The number of carbonyl (C=O) groups is 1. The highest BCUT2D eigenvalue weighted by Crippen LogP contribution is 2.14. The smallest absolute Gasteiger partial charge is 0.267 e. The van der Waals surface area contributed by atoms with Crippen LogP contribution in [0.2, 0.25) is 0 Å². The Morgan fingerprint density at radius 1 is 1.04 bits per heavy atom. The largest absolute Gasteiger partial charge is 0.292 e. The average molecular weight is 324 g/mol. The highest BCUT2D eigenvalue weighted by molar-refractivity contribution is 5.90. The molecule has 0 unspecified atom stereocenters. The SMILES string of the molecule is CC(C)N(Cc1ccccc1)Cc1ccc(/C=C/C(=O)NO)cc1. The normalized spacial score (nSPS) is 11.4. The third-order valence-electron chi connectivity index (χ3n) is 3.86. The minimum absolute atomic E-state index is 0.443. The third kappa shape index (κ3) is 5.65. The Kier molecular flexibility index (Phi) is 6.73. The maximum Gasteiger partial charge on any atom is 0.267 e. The van der Waals surface area contributed by atoms with Gasteiger partial charge in [0.1, 0.15) is 0 Å². The number of nitrogens with one attached hydrogen (secondary N) is 1. The minimum Gasteiger partial charge on any atom is -0.292 e. The predicted molar refractivity (Wildman–Crippen MR) is 96.2 cm³/mol. The molecule has 0 aliphatic heterocycles. The van der Waals surface area contributed by atoms with Crippen molar-refractivity contribution < 1.29 is 10.0 Å². The van der Waals surface area contributed by atoms with Crippen LogP contribution in [0.3, 0.4) is 0 Å². The van der Waals surface area contributed by atoms with Crippen molar-refractivity contribution in [3.05, 3.63) is 77.4 Å². The van der Waals surface area contributed by atoms with Crippen molar-refractivity contribution in [2.24, 2.45) is 0 Å². The first-order chi connectivity index (χ1) is 11.6. The van der Waals surface area contributed by atoms with E-state index in [1.54, 1.807) is 11.6 Å². The van der Waals surface area contributed by atoms with E-state index in [-0.39, 0.29) is 0 Å². The number of benzene rings is 2. The molecular formula is C20H24N2O2. The quantitative estimate of drug-likeness (QED) is 0.465. The van der Waals surface area contributed by atoms with Gasteiger partial charge in [0, 0.05) is 25.2 Å². The Morgan fingerprint density at radius 3 is 2.17 bits per heavy atom. The van der Waals surface area contributed by atoms with Crippen LogP contribution < -0.4 is 5.48 Å². The summed E-state index contributed by atoms with van der Waals surface area (Å²) in [6.07, 6.45) is 2.96. The minimum atomic E-state index is -0.534. The monoisotopic (exact) mass is 324 g/mol. The number of carbonyl (C=O) groups excluding carboxylic acids is 1. The van der Waals surface area contributed by atoms with Gasteiger partial charge in [0.25, 0.3) is 5.91 Å². The van der Waals surface area contributed by atoms with E-state index in [9.17, 15) is 4.79 Å². The number of hydrogen-bond donors (Lipinski definition) is 2. The van der Waals surface area contributed by atoms with Crippen LogP contribution in [-0.4, -0.2) is 22.1 Å². The number of nitrogens with zero attached hydrogens (tertiary/aromatic N) is 1. The van der Waals surface area contributed by atoms with Gasteiger partial charge in [-0.3, -0.25) is 14.9 Å². The molecule has 0 aromatic heterocycles. The van der Waals surface area contributed by atoms with Gasteiger partial charge in [0.05, 0.1) is 0 Å². The molecule has 1 amide bonds. The van der Waals surface area contributed by atoms with Crippen LogP contribution in [0.5, 0.6) is 0 Å². The lowest BCUT2D eigenvalue weighted by Crippen LogP contribution is -2.29. The summed E-state index contributed by atoms with van der Waals surface area (Å²) >= 11 is 0. The summed E-state index contributed by atoms with van der Waals surface area (Å²) in [6, 6.07) is 19.0. The van der Waals surface area contributed by atoms with E-state index in [2.05, 4.69) is 55.1 Å². The molecule has 2 rings (SSSR count).